The van der Waals surface area contributed by atoms with E-state index in [1.807, 2.05) is 41.9 Å². The Morgan fingerprint density at radius 3 is 2.69 bits per heavy atom. The molecule has 0 fully saturated rings. The van der Waals surface area contributed by atoms with Gasteiger partial charge in [0, 0.05) is 37.8 Å². The lowest BCUT2D eigenvalue weighted by Gasteiger charge is -2.30. The first-order valence-corrected chi connectivity index (χ1v) is 10.3. The minimum Gasteiger partial charge on any atom is -0.326 e. The number of hydrogen-bond donors (Lipinski definition) is 1. The molecule has 0 saturated heterocycles. The molecule has 5 nitrogen and oxygen atoms in total. The van der Waals surface area contributed by atoms with Crippen molar-refractivity contribution in [3.63, 3.8) is 0 Å². The maximum Gasteiger partial charge on any atom is 0.221 e. The average Bonchev–Trinajstić information content (AvgIpc) is 2.96. The summed E-state index contributed by atoms with van der Waals surface area (Å²) in [4.78, 5) is 13.9. The van der Waals surface area contributed by atoms with Crippen LogP contribution in [0, 0.1) is 6.92 Å². The van der Waals surface area contributed by atoms with Crippen LogP contribution in [0.3, 0.4) is 0 Å². The number of amides is 1. The Balaban J connectivity index is 1.50. The Labute approximate surface area is 176 Å². The van der Waals surface area contributed by atoms with Crippen molar-refractivity contribution >= 4 is 23.2 Å². The number of anilines is 1. The molecule has 150 valence electrons. The first kappa shape index (κ1) is 19.7. The van der Waals surface area contributed by atoms with Crippen LogP contribution in [0.4, 0.5) is 5.69 Å². The van der Waals surface area contributed by atoms with Crippen LogP contribution in [0.25, 0.3) is 0 Å². The zero-order chi connectivity index (χ0) is 20.4. The van der Waals surface area contributed by atoms with Crippen molar-refractivity contribution in [1.29, 1.82) is 0 Å². The SMILES string of the molecule is CC(=O)Nc1cccc2c1CCN(Cc1c(C)nn(Cc3ccccc3)c1Cl)C2. The number of hydrogen-bond acceptors (Lipinski definition) is 3. The molecule has 29 heavy (non-hydrogen) atoms. The third-order valence-electron chi connectivity index (χ3n) is 5.40. The molecule has 0 saturated carbocycles. The van der Waals surface area contributed by atoms with Gasteiger partial charge < -0.3 is 5.32 Å². The number of nitrogens with one attached hydrogen (secondary N) is 1. The normalized spacial score (nSPS) is 13.9. The Kier molecular flexibility index (Phi) is 5.69. The summed E-state index contributed by atoms with van der Waals surface area (Å²) in [5, 5.41) is 8.34. The maximum absolute atomic E-state index is 11.5. The summed E-state index contributed by atoms with van der Waals surface area (Å²) in [6.07, 6.45) is 0.903. The summed E-state index contributed by atoms with van der Waals surface area (Å²) in [7, 11) is 0. The lowest BCUT2D eigenvalue weighted by atomic mass is 9.97. The van der Waals surface area contributed by atoms with E-state index in [0.29, 0.717) is 11.7 Å². The van der Waals surface area contributed by atoms with E-state index in [9.17, 15) is 4.79 Å². The van der Waals surface area contributed by atoms with Crippen molar-refractivity contribution in [3.8, 4) is 0 Å². The summed E-state index contributed by atoms with van der Waals surface area (Å²) >= 11 is 6.71. The van der Waals surface area contributed by atoms with Crippen LogP contribution < -0.4 is 5.32 Å². The van der Waals surface area contributed by atoms with Crippen LogP contribution in [0.2, 0.25) is 5.15 Å². The Hall–Kier alpha value is -2.63. The topological polar surface area (TPSA) is 50.2 Å². The molecule has 0 spiro atoms. The number of carbonyl (C=O) groups is 1. The van der Waals surface area contributed by atoms with E-state index in [2.05, 4.69) is 33.5 Å². The van der Waals surface area contributed by atoms with Gasteiger partial charge in [-0.3, -0.25) is 9.69 Å². The number of aromatic nitrogens is 2. The zero-order valence-electron chi connectivity index (χ0n) is 16.8. The predicted octanol–water partition coefficient (Wildman–Crippen LogP) is 4.41. The van der Waals surface area contributed by atoms with E-state index in [1.165, 1.54) is 16.7 Å². The molecule has 6 heteroatoms. The van der Waals surface area contributed by atoms with Gasteiger partial charge in [0.15, 0.2) is 0 Å². The van der Waals surface area contributed by atoms with Gasteiger partial charge >= 0.3 is 0 Å². The van der Waals surface area contributed by atoms with Gasteiger partial charge in [-0.1, -0.05) is 54.1 Å². The van der Waals surface area contributed by atoms with E-state index in [0.717, 1.165) is 43.0 Å². The molecule has 4 rings (SSSR count). The number of halogens is 1. The minimum absolute atomic E-state index is 0.0333. The van der Waals surface area contributed by atoms with E-state index in [-0.39, 0.29) is 5.91 Å². The smallest absolute Gasteiger partial charge is 0.221 e. The molecule has 1 aliphatic rings. The fourth-order valence-electron chi connectivity index (χ4n) is 3.96. The highest BCUT2D eigenvalue weighted by Gasteiger charge is 2.22. The summed E-state index contributed by atoms with van der Waals surface area (Å²) < 4.78 is 1.88. The number of aryl methyl sites for hydroxylation is 1. The van der Waals surface area contributed by atoms with Crippen molar-refractivity contribution in [2.45, 2.75) is 39.9 Å². The van der Waals surface area contributed by atoms with Crippen LogP contribution in [0.15, 0.2) is 48.5 Å². The zero-order valence-corrected chi connectivity index (χ0v) is 17.5. The fourth-order valence-corrected chi connectivity index (χ4v) is 4.26. The molecule has 0 atom stereocenters. The van der Waals surface area contributed by atoms with Crippen molar-refractivity contribution in [2.24, 2.45) is 0 Å². The first-order chi connectivity index (χ1) is 14.0. The standard InChI is InChI=1S/C23H25ClN4O/c1-16-21(23(24)28(26-16)13-18-7-4-3-5-8-18)15-27-12-11-20-19(14-27)9-6-10-22(20)25-17(2)29/h3-10H,11-15H2,1-2H3,(H,25,29). The van der Waals surface area contributed by atoms with Gasteiger partial charge in [0.25, 0.3) is 0 Å². The van der Waals surface area contributed by atoms with Gasteiger partial charge in [-0.25, -0.2) is 4.68 Å². The molecule has 2 aromatic carbocycles. The van der Waals surface area contributed by atoms with E-state index in [4.69, 9.17) is 11.6 Å². The lowest BCUT2D eigenvalue weighted by Crippen LogP contribution is -2.31. The molecule has 0 bridgehead atoms. The van der Waals surface area contributed by atoms with Gasteiger partial charge in [-0.05, 0) is 36.1 Å². The van der Waals surface area contributed by atoms with Crippen LogP contribution >= 0.6 is 11.6 Å². The van der Waals surface area contributed by atoms with E-state index < -0.39 is 0 Å². The number of carbonyl (C=O) groups excluding carboxylic acids is 1. The molecule has 1 amide bonds. The van der Waals surface area contributed by atoms with Gasteiger partial charge in [0.05, 0.1) is 12.2 Å². The predicted molar refractivity (Wildman–Crippen MR) is 116 cm³/mol. The molecule has 1 aliphatic heterocycles. The highest BCUT2D eigenvalue weighted by Crippen LogP contribution is 2.29. The maximum atomic E-state index is 11.5. The van der Waals surface area contributed by atoms with E-state index >= 15 is 0 Å². The van der Waals surface area contributed by atoms with E-state index in [1.54, 1.807) is 6.92 Å². The second-order valence-corrected chi connectivity index (χ2v) is 7.94. The third kappa shape index (κ3) is 4.36. The van der Waals surface area contributed by atoms with Gasteiger partial charge in [0.2, 0.25) is 5.91 Å². The van der Waals surface area contributed by atoms with Crippen molar-refractivity contribution in [3.05, 3.63) is 81.6 Å². The fraction of sp³-hybridized carbons (Fsp3) is 0.304. The molecule has 0 radical (unpaired) electrons. The summed E-state index contributed by atoms with van der Waals surface area (Å²) in [6.45, 7) is 6.76. The molecule has 0 aliphatic carbocycles. The summed E-state index contributed by atoms with van der Waals surface area (Å²) in [6, 6.07) is 16.4. The van der Waals surface area contributed by atoms with Crippen LogP contribution in [-0.4, -0.2) is 27.1 Å². The average molecular weight is 409 g/mol. The van der Waals surface area contributed by atoms with Crippen molar-refractivity contribution in [2.75, 3.05) is 11.9 Å². The summed E-state index contributed by atoms with van der Waals surface area (Å²) in [5.74, 6) is -0.0333. The Morgan fingerprint density at radius 2 is 1.93 bits per heavy atom. The minimum atomic E-state index is -0.0333. The largest absolute Gasteiger partial charge is 0.326 e. The van der Waals surface area contributed by atoms with Crippen LogP contribution in [0.1, 0.15) is 34.9 Å². The number of benzene rings is 2. The summed E-state index contributed by atoms with van der Waals surface area (Å²) in [5.41, 5.74) is 6.67. The molecule has 1 N–H and O–H groups in total. The van der Waals surface area contributed by atoms with Gasteiger partial charge in [-0.15, -0.1) is 0 Å². The Morgan fingerprint density at radius 1 is 1.14 bits per heavy atom. The van der Waals surface area contributed by atoms with Gasteiger partial charge in [0.1, 0.15) is 5.15 Å². The molecular formula is C23H25ClN4O. The van der Waals surface area contributed by atoms with Crippen LogP contribution in [0.5, 0.6) is 0 Å². The lowest BCUT2D eigenvalue weighted by molar-refractivity contribution is -0.114. The second kappa shape index (κ2) is 8.39. The van der Waals surface area contributed by atoms with Gasteiger partial charge in [-0.2, -0.15) is 5.10 Å². The van der Waals surface area contributed by atoms with Crippen molar-refractivity contribution < 1.29 is 4.79 Å². The molecule has 1 aromatic heterocycles. The second-order valence-electron chi connectivity index (χ2n) is 7.58. The number of fused-ring (bicyclic) bond motifs is 1. The van der Waals surface area contributed by atoms with Crippen molar-refractivity contribution in [1.82, 2.24) is 14.7 Å². The highest BCUT2D eigenvalue weighted by atomic mass is 35.5. The monoisotopic (exact) mass is 408 g/mol. The highest BCUT2D eigenvalue weighted by molar-refractivity contribution is 6.30. The number of nitrogens with zero attached hydrogens (tertiary/aromatic N) is 3. The quantitative estimate of drug-likeness (QED) is 0.680. The first-order valence-electron chi connectivity index (χ1n) is 9.87. The molecular weight excluding hydrogens is 384 g/mol. The van der Waals surface area contributed by atoms with Crippen LogP contribution in [-0.2, 0) is 30.8 Å². The Bertz CT molecular complexity index is 1030. The molecule has 2 heterocycles. The molecule has 0 unspecified atom stereocenters. The molecule has 3 aromatic rings. The third-order valence-corrected chi connectivity index (χ3v) is 5.82. The number of rotatable bonds is 5.